The van der Waals surface area contributed by atoms with Crippen molar-refractivity contribution in [1.82, 2.24) is 5.32 Å². The first-order valence-electron chi connectivity index (χ1n) is 5.74. The van der Waals surface area contributed by atoms with Gasteiger partial charge in [-0.25, -0.2) is 4.39 Å². The first-order valence-corrected chi connectivity index (χ1v) is 5.74. The van der Waals surface area contributed by atoms with Crippen LogP contribution in [0.25, 0.3) is 0 Å². The second kappa shape index (κ2) is 6.57. The summed E-state index contributed by atoms with van der Waals surface area (Å²) in [4.78, 5) is 0. The maximum atomic E-state index is 13.0. The molecule has 1 aromatic carbocycles. The van der Waals surface area contributed by atoms with Gasteiger partial charge in [0.05, 0.1) is 0 Å². The molecule has 1 atom stereocenters. The second-order valence-electron chi connectivity index (χ2n) is 3.88. The van der Waals surface area contributed by atoms with E-state index in [4.69, 9.17) is 0 Å². The van der Waals surface area contributed by atoms with Crippen LogP contribution in [0.1, 0.15) is 32.3 Å². The Bertz CT molecular complexity index is 280. The van der Waals surface area contributed by atoms with E-state index in [2.05, 4.69) is 19.2 Å². The topological polar surface area (TPSA) is 12.0 Å². The van der Waals surface area contributed by atoms with Gasteiger partial charge in [-0.05, 0) is 37.1 Å². The van der Waals surface area contributed by atoms with Gasteiger partial charge >= 0.3 is 0 Å². The van der Waals surface area contributed by atoms with Crippen LogP contribution in [0.5, 0.6) is 0 Å². The Morgan fingerprint density at radius 3 is 2.73 bits per heavy atom. The van der Waals surface area contributed by atoms with Crippen LogP contribution < -0.4 is 5.32 Å². The number of hydrogen-bond acceptors (Lipinski definition) is 1. The molecule has 0 bridgehead atoms. The predicted molar refractivity (Wildman–Crippen MR) is 62.5 cm³/mol. The van der Waals surface area contributed by atoms with Crippen LogP contribution in [0.3, 0.4) is 0 Å². The zero-order chi connectivity index (χ0) is 11.1. The predicted octanol–water partition coefficient (Wildman–Crippen LogP) is 3.15. The minimum atomic E-state index is -0.140. The molecular formula is C13H20FN. The molecule has 2 heteroatoms. The highest BCUT2D eigenvalue weighted by Crippen LogP contribution is 2.09. The molecule has 1 nitrogen and oxygen atoms in total. The standard InChI is InChI=1S/C13H20FN/c1-3-6-13(15-4-2)10-11-7-5-8-12(14)9-11/h5,7-9,13,15H,3-4,6,10H2,1-2H3. The Balaban J connectivity index is 2.56. The van der Waals surface area contributed by atoms with Crippen LogP contribution >= 0.6 is 0 Å². The zero-order valence-corrected chi connectivity index (χ0v) is 9.59. The Kier molecular flexibility index (Phi) is 5.33. The summed E-state index contributed by atoms with van der Waals surface area (Å²) in [5.74, 6) is -0.140. The van der Waals surface area contributed by atoms with Crippen molar-refractivity contribution in [2.24, 2.45) is 0 Å². The molecular weight excluding hydrogens is 189 g/mol. The molecule has 0 aliphatic carbocycles. The summed E-state index contributed by atoms with van der Waals surface area (Å²) >= 11 is 0. The van der Waals surface area contributed by atoms with Crippen LogP contribution in [0, 0.1) is 5.82 Å². The fourth-order valence-electron chi connectivity index (χ4n) is 1.86. The minimum absolute atomic E-state index is 0.140. The molecule has 0 aliphatic heterocycles. The fourth-order valence-corrected chi connectivity index (χ4v) is 1.86. The maximum absolute atomic E-state index is 13.0. The molecule has 0 aromatic heterocycles. The molecule has 15 heavy (non-hydrogen) atoms. The summed E-state index contributed by atoms with van der Waals surface area (Å²) in [5, 5.41) is 3.43. The smallest absolute Gasteiger partial charge is 0.123 e. The average Bonchev–Trinajstić information content (AvgIpc) is 2.18. The van der Waals surface area contributed by atoms with Gasteiger partial charge in [0.25, 0.3) is 0 Å². The number of likely N-dealkylation sites (N-methyl/N-ethyl adjacent to an activating group) is 1. The van der Waals surface area contributed by atoms with Crippen LogP contribution in [0.2, 0.25) is 0 Å². The second-order valence-corrected chi connectivity index (χ2v) is 3.88. The third-order valence-corrected chi connectivity index (χ3v) is 2.50. The number of nitrogens with one attached hydrogen (secondary N) is 1. The quantitative estimate of drug-likeness (QED) is 0.759. The van der Waals surface area contributed by atoms with Gasteiger partial charge in [0.15, 0.2) is 0 Å². The van der Waals surface area contributed by atoms with Gasteiger partial charge in [-0.2, -0.15) is 0 Å². The van der Waals surface area contributed by atoms with E-state index in [-0.39, 0.29) is 5.82 Å². The molecule has 1 unspecified atom stereocenters. The third-order valence-electron chi connectivity index (χ3n) is 2.50. The van der Waals surface area contributed by atoms with Gasteiger partial charge in [0, 0.05) is 6.04 Å². The maximum Gasteiger partial charge on any atom is 0.123 e. The lowest BCUT2D eigenvalue weighted by atomic mass is 10.0. The Morgan fingerprint density at radius 1 is 1.33 bits per heavy atom. The molecule has 1 aromatic rings. The lowest BCUT2D eigenvalue weighted by Gasteiger charge is -2.16. The molecule has 0 saturated heterocycles. The van der Waals surface area contributed by atoms with E-state index < -0.39 is 0 Å². The average molecular weight is 209 g/mol. The summed E-state index contributed by atoms with van der Waals surface area (Å²) in [6, 6.07) is 7.36. The van der Waals surface area contributed by atoms with Crippen molar-refractivity contribution in [2.45, 2.75) is 39.2 Å². The van der Waals surface area contributed by atoms with E-state index in [1.54, 1.807) is 12.1 Å². The number of halogens is 1. The van der Waals surface area contributed by atoms with Crippen LogP contribution in [0.4, 0.5) is 4.39 Å². The molecule has 1 rings (SSSR count). The highest BCUT2D eigenvalue weighted by atomic mass is 19.1. The monoisotopic (exact) mass is 209 g/mol. The van der Waals surface area contributed by atoms with E-state index in [1.165, 1.54) is 6.07 Å². The molecule has 1 N–H and O–H groups in total. The van der Waals surface area contributed by atoms with Crippen LogP contribution in [-0.4, -0.2) is 12.6 Å². The fraction of sp³-hybridized carbons (Fsp3) is 0.538. The molecule has 0 aliphatic rings. The summed E-state index contributed by atoms with van der Waals surface area (Å²) in [5.41, 5.74) is 1.08. The van der Waals surface area contributed by atoms with E-state index >= 15 is 0 Å². The Hall–Kier alpha value is -0.890. The van der Waals surface area contributed by atoms with E-state index in [0.29, 0.717) is 6.04 Å². The molecule has 0 heterocycles. The highest BCUT2D eigenvalue weighted by Gasteiger charge is 2.07. The molecule has 0 saturated carbocycles. The van der Waals surface area contributed by atoms with E-state index in [9.17, 15) is 4.39 Å². The Morgan fingerprint density at radius 2 is 2.13 bits per heavy atom. The van der Waals surface area contributed by atoms with Crippen LogP contribution in [-0.2, 0) is 6.42 Å². The molecule has 84 valence electrons. The van der Waals surface area contributed by atoms with Crippen molar-refractivity contribution < 1.29 is 4.39 Å². The summed E-state index contributed by atoms with van der Waals surface area (Å²) < 4.78 is 13.0. The van der Waals surface area contributed by atoms with Gasteiger partial charge in [-0.3, -0.25) is 0 Å². The van der Waals surface area contributed by atoms with Crippen molar-refractivity contribution in [2.75, 3.05) is 6.54 Å². The van der Waals surface area contributed by atoms with Crippen molar-refractivity contribution in [3.05, 3.63) is 35.6 Å². The SMILES string of the molecule is CCCC(Cc1cccc(F)c1)NCC. The third kappa shape index (κ3) is 4.43. The Labute approximate surface area is 91.7 Å². The van der Waals surface area contributed by atoms with Crippen molar-refractivity contribution in [1.29, 1.82) is 0 Å². The van der Waals surface area contributed by atoms with E-state index in [1.807, 2.05) is 6.07 Å². The van der Waals surface area contributed by atoms with Gasteiger partial charge < -0.3 is 5.32 Å². The normalized spacial score (nSPS) is 12.7. The molecule has 0 radical (unpaired) electrons. The lowest BCUT2D eigenvalue weighted by Crippen LogP contribution is -2.30. The number of benzene rings is 1. The van der Waals surface area contributed by atoms with Gasteiger partial charge in [0.1, 0.15) is 5.82 Å². The summed E-state index contributed by atoms with van der Waals surface area (Å²) in [6.45, 7) is 5.25. The summed E-state index contributed by atoms with van der Waals surface area (Å²) in [6.07, 6.45) is 3.22. The van der Waals surface area contributed by atoms with Gasteiger partial charge in [-0.15, -0.1) is 0 Å². The largest absolute Gasteiger partial charge is 0.314 e. The van der Waals surface area contributed by atoms with Gasteiger partial charge in [0.2, 0.25) is 0 Å². The molecule has 0 fully saturated rings. The van der Waals surface area contributed by atoms with Crippen LogP contribution in [0.15, 0.2) is 24.3 Å². The molecule has 0 spiro atoms. The number of hydrogen-bond donors (Lipinski definition) is 1. The van der Waals surface area contributed by atoms with Gasteiger partial charge in [-0.1, -0.05) is 32.4 Å². The number of rotatable bonds is 6. The van der Waals surface area contributed by atoms with E-state index in [0.717, 1.165) is 31.4 Å². The first-order chi connectivity index (χ1) is 7.26. The van der Waals surface area contributed by atoms with Crippen molar-refractivity contribution in [3.63, 3.8) is 0 Å². The minimum Gasteiger partial charge on any atom is -0.314 e. The first kappa shape index (κ1) is 12.2. The molecule has 0 amide bonds. The van der Waals surface area contributed by atoms with Crippen molar-refractivity contribution in [3.8, 4) is 0 Å². The summed E-state index contributed by atoms with van der Waals surface area (Å²) in [7, 11) is 0. The zero-order valence-electron chi connectivity index (χ0n) is 9.59. The highest BCUT2D eigenvalue weighted by molar-refractivity contribution is 5.17. The van der Waals surface area contributed by atoms with Crippen molar-refractivity contribution >= 4 is 0 Å². The lowest BCUT2D eigenvalue weighted by molar-refractivity contribution is 0.484.